The maximum absolute atomic E-state index is 13.2. The first-order valence-electron chi connectivity index (χ1n) is 7.38. The Kier molecular flexibility index (Phi) is 4.02. The van der Waals surface area contributed by atoms with E-state index in [0.717, 1.165) is 31.6 Å². The van der Waals surface area contributed by atoms with Crippen LogP contribution >= 0.6 is 11.6 Å². The molecule has 1 saturated heterocycles. The van der Waals surface area contributed by atoms with Crippen LogP contribution in [0.4, 0.5) is 4.39 Å². The third-order valence-corrected chi connectivity index (χ3v) is 5.06. The van der Waals surface area contributed by atoms with Crippen LogP contribution in [0, 0.1) is 11.2 Å². The van der Waals surface area contributed by atoms with Gasteiger partial charge < -0.3 is 10.1 Å². The van der Waals surface area contributed by atoms with Crippen molar-refractivity contribution in [1.29, 1.82) is 0 Å². The molecule has 1 aromatic rings. The predicted octanol–water partition coefficient (Wildman–Crippen LogP) is 3.57. The van der Waals surface area contributed by atoms with Crippen LogP contribution in [0.25, 0.3) is 0 Å². The van der Waals surface area contributed by atoms with Gasteiger partial charge in [0.05, 0.1) is 6.10 Å². The van der Waals surface area contributed by atoms with E-state index in [-0.39, 0.29) is 17.3 Å². The smallest absolute Gasteiger partial charge is 0.124 e. The lowest BCUT2D eigenvalue weighted by molar-refractivity contribution is 0.0628. The van der Waals surface area contributed by atoms with Crippen molar-refractivity contribution in [2.75, 3.05) is 13.2 Å². The molecule has 1 aliphatic carbocycles. The Morgan fingerprint density at radius 2 is 2.25 bits per heavy atom. The van der Waals surface area contributed by atoms with Crippen LogP contribution in [-0.4, -0.2) is 25.3 Å². The van der Waals surface area contributed by atoms with E-state index in [1.807, 2.05) is 6.07 Å². The molecule has 1 N–H and O–H groups in total. The van der Waals surface area contributed by atoms with Crippen molar-refractivity contribution in [2.24, 2.45) is 5.41 Å². The van der Waals surface area contributed by atoms with Gasteiger partial charge in [-0.3, -0.25) is 0 Å². The standard InChI is InChI=1S/C16H21ClFNO/c1-11-16(6-7-20-11,10-19-14-4-5-14)9-12-2-3-13(18)8-15(12)17/h2-3,8,11,14,19H,4-7,9-10H2,1H3. The monoisotopic (exact) mass is 297 g/mol. The van der Waals surface area contributed by atoms with Crippen molar-refractivity contribution in [2.45, 2.75) is 44.8 Å². The van der Waals surface area contributed by atoms with Crippen LogP contribution in [-0.2, 0) is 11.2 Å². The number of benzene rings is 1. The fourth-order valence-corrected chi connectivity index (χ4v) is 3.26. The molecule has 1 heterocycles. The van der Waals surface area contributed by atoms with Gasteiger partial charge in [-0.05, 0) is 50.3 Å². The minimum atomic E-state index is -0.278. The van der Waals surface area contributed by atoms with E-state index < -0.39 is 0 Å². The molecule has 1 saturated carbocycles. The topological polar surface area (TPSA) is 21.3 Å². The summed E-state index contributed by atoms with van der Waals surface area (Å²) in [7, 11) is 0. The fraction of sp³-hybridized carbons (Fsp3) is 0.625. The molecule has 20 heavy (non-hydrogen) atoms. The van der Waals surface area contributed by atoms with E-state index in [9.17, 15) is 4.39 Å². The molecule has 0 spiro atoms. The summed E-state index contributed by atoms with van der Waals surface area (Å²) in [6.45, 7) is 3.89. The summed E-state index contributed by atoms with van der Waals surface area (Å²) in [5.74, 6) is -0.278. The van der Waals surface area contributed by atoms with Crippen molar-refractivity contribution in [3.63, 3.8) is 0 Å². The summed E-state index contributed by atoms with van der Waals surface area (Å²) in [6.07, 6.45) is 4.63. The first-order valence-corrected chi connectivity index (χ1v) is 7.76. The van der Waals surface area contributed by atoms with Gasteiger partial charge in [0.2, 0.25) is 0 Å². The molecule has 2 nitrogen and oxygen atoms in total. The van der Waals surface area contributed by atoms with Crippen LogP contribution < -0.4 is 5.32 Å². The van der Waals surface area contributed by atoms with Gasteiger partial charge in [-0.2, -0.15) is 0 Å². The Balaban J connectivity index is 1.78. The maximum atomic E-state index is 13.2. The number of rotatable bonds is 5. The number of hydrogen-bond acceptors (Lipinski definition) is 2. The maximum Gasteiger partial charge on any atom is 0.124 e. The minimum Gasteiger partial charge on any atom is -0.378 e. The van der Waals surface area contributed by atoms with Crippen LogP contribution in [0.1, 0.15) is 31.7 Å². The van der Waals surface area contributed by atoms with Crippen LogP contribution in [0.2, 0.25) is 5.02 Å². The third kappa shape index (κ3) is 3.00. The zero-order chi connectivity index (χ0) is 14.2. The Morgan fingerprint density at radius 1 is 1.45 bits per heavy atom. The molecular formula is C16H21ClFNO. The highest BCUT2D eigenvalue weighted by Gasteiger charge is 2.42. The number of halogens is 2. The quantitative estimate of drug-likeness (QED) is 0.897. The lowest BCUT2D eigenvalue weighted by Crippen LogP contribution is -2.42. The second-order valence-electron chi connectivity index (χ2n) is 6.19. The van der Waals surface area contributed by atoms with E-state index in [2.05, 4.69) is 12.2 Å². The van der Waals surface area contributed by atoms with E-state index in [1.165, 1.54) is 25.0 Å². The Bertz CT molecular complexity index is 491. The lowest BCUT2D eigenvalue weighted by Gasteiger charge is -2.33. The predicted molar refractivity (Wildman–Crippen MR) is 78.6 cm³/mol. The van der Waals surface area contributed by atoms with Crippen molar-refractivity contribution in [3.05, 3.63) is 34.6 Å². The molecule has 1 aromatic carbocycles. The zero-order valence-corrected chi connectivity index (χ0v) is 12.5. The van der Waals surface area contributed by atoms with E-state index in [0.29, 0.717) is 11.1 Å². The molecule has 2 aliphatic rings. The van der Waals surface area contributed by atoms with Gasteiger partial charge in [0, 0.05) is 29.6 Å². The summed E-state index contributed by atoms with van der Waals surface area (Å²) >= 11 is 6.19. The molecule has 4 heteroatoms. The Labute approximate surface area is 124 Å². The lowest BCUT2D eigenvalue weighted by atomic mass is 9.76. The summed E-state index contributed by atoms with van der Waals surface area (Å²) in [5.41, 5.74) is 1.09. The second-order valence-corrected chi connectivity index (χ2v) is 6.60. The second kappa shape index (κ2) is 5.63. The summed E-state index contributed by atoms with van der Waals surface area (Å²) < 4.78 is 19.0. The van der Waals surface area contributed by atoms with Gasteiger partial charge in [0.1, 0.15) is 5.82 Å². The third-order valence-electron chi connectivity index (χ3n) is 4.71. The van der Waals surface area contributed by atoms with Gasteiger partial charge >= 0.3 is 0 Å². The number of hydrogen-bond donors (Lipinski definition) is 1. The first kappa shape index (κ1) is 14.3. The highest BCUT2D eigenvalue weighted by Crippen LogP contribution is 2.40. The molecule has 3 rings (SSSR count). The summed E-state index contributed by atoms with van der Waals surface area (Å²) in [5, 5.41) is 4.15. The molecule has 2 atom stereocenters. The summed E-state index contributed by atoms with van der Waals surface area (Å²) in [4.78, 5) is 0. The van der Waals surface area contributed by atoms with Crippen molar-refractivity contribution in [3.8, 4) is 0 Å². The van der Waals surface area contributed by atoms with Crippen molar-refractivity contribution >= 4 is 11.6 Å². The minimum absolute atomic E-state index is 0.0735. The molecular weight excluding hydrogens is 277 g/mol. The summed E-state index contributed by atoms with van der Waals surface area (Å²) in [6, 6.07) is 5.38. The molecule has 0 amide bonds. The van der Waals surface area contributed by atoms with Crippen LogP contribution in [0.5, 0.6) is 0 Å². The first-order chi connectivity index (χ1) is 9.59. The average molecular weight is 298 g/mol. The van der Waals surface area contributed by atoms with Gasteiger partial charge in [-0.1, -0.05) is 17.7 Å². The number of ether oxygens (including phenoxy) is 1. The molecule has 2 unspecified atom stereocenters. The van der Waals surface area contributed by atoms with Crippen LogP contribution in [0.3, 0.4) is 0 Å². The van der Waals surface area contributed by atoms with Gasteiger partial charge in [-0.25, -0.2) is 4.39 Å². The average Bonchev–Trinajstić information content (AvgIpc) is 3.17. The molecule has 110 valence electrons. The van der Waals surface area contributed by atoms with Gasteiger partial charge in [-0.15, -0.1) is 0 Å². The fourth-order valence-electron chi connectivity index (χ4n) is 3.03. The van der Waals surface area contributed by atoms with Gasteiger partial charge in [0.25, 0.3) is 0 Å². The SMILES string of the molecule is CC1OCCC1(CNC1CC1)Cc1ccc(F)cc1Cl. The largest absolute Gasteiger partial charge is 0.378 e. The molecule has 0 bridgehead atoms. The number of nitrogens with one attached hydrogen (secondary N) is 1. The molecule has 0 radical (unpaired) electrons. The highest BCUT2D eigenvalue weighted by atomic mass is 35.5. The van der Waals surface area contributed by atoms with Crippen LogP contribution in [0.15, 0.2) is 18.2 Å². The Hall–Kier alpha value is -0.640. The van der Waals surface area contributed by atoms with E-state index in [4.69, 9.17) is 16.3 Å². The van der Waals surface area contributed by atoms with Gasteiger partial charge in [0.15, 0.2) is 0 Å². The van der Waals surface area contributed by atoms with Crippen molar-refractivity contribution in [1.82, 2.24) is 5.32 Å². The Morgan fingerprint density at radius 3 is 2.85 bits per heavy atom. The van der Waals surface area contributed by atoms with E-state index >= 15 is 0 Å². The van der Waals surface area contributed by atoms with Crippen molar-refractivity contribution < 1.29 is 9.13 Å². The zero-order valence-electron chi connectivity index (χ0n) is 11.8. The van der Waals surface area contributed by atoms with E-state index in [1.54, 1.807) is 0 Å². The molecule has 2 fully saturated rings. The molecule has 0 aromatic heterocycles. The molecule has 1 aliphatic heterocycles. The normalized spacial score (nSPS) is 29.9. The highest BCUT2D eigenvalue weighted by molar-refractivity contribution is 6.31.